The topological polar surface area (TPSA) is 29.1 Å². The van der Waals surface area contributed by atoms with Crippen LogP contribution in [0.1, 0.15) is 5.56 Å². The standard InChI is InChI=1S/C10H8Cl3NO/c1-2-9(15)14-5-6-7(11)3-4-8(12)10(6)13/h2-4H,1,5H2,(H,14,15). The van der Waals surface area contributed by atoms with Gasteiger partial charge < -0.3 is 5.32 Å². The number of nitrogens with one attached hydrogen (secondary N) is 1. The van der Waals surface area contributed by atoms with E-state index in [0.717, 1.165) is 0 Å². The second-order valence-corrected chi connectivity index (χ2v) is 3.94. The van der Waals surface area contributed by atoms with Crippen molar-refractivity contribution < 1.29 is 4.79 Å². The molecule has 1 aromatic carbocycles. The number of rotatable bonds is 3. The lowest BCUT2D eigenvalue weighted by Gasteiger charge is -2.08. The van der Waals surface area contributed by atoms with E-state index in [9.17, 15) is 4.79 Å². The van der Waals surface area contributed by atoms with E-state index in [4.69, 9.17) is 34.8 Å². The van der Waals surface area contributed by atoms with Gasteiger partial charge in [-0.25, -0.2) is 0 Å². The van der Waals surface area contributed by atoms with Gasteiger partial charge in [0.1, 0.15) is 0 Å². The maximum Gasteiger partial charge on any atom is 0.243 e. The van der Waals surface area contributed by atoms with Crippen LogP contribution >= 0.6 is 34.8 Å². The van der Waals surface area contributed by atoms with Gasteiger partial charge in [0.15, 0.2) is 0 Å². The third-order valence-electron chi connectivity index (χ3n) is 1.76. The van der Waals surface area contributed by atoms with Gasteiger partial charge in [-0.3, -0.25) is 4.79 Å². The van der Waals surface area contributed by atoms with Gasteiger partial charge >= 0.3 is 0 Å². The van der Waals surface area contributed by atoms with E-state index in [2.05, 4.69) is 11.9 Å². The van der Waals surface area contributed by atoms with Crippen molar-refractivity contribution in [1.29, 1.82) is 0 Å². The second-order valence-electron chi connectivity index (χ2n) is 2.74. The summed E-state index contributed by atoms with van der Waals surface area (Å²) in [7, 11) is 0. The molecule has 2 nitrogen and oxygen atoms in total. The maximum absolute atomic E-state index is 10.9. The van der Waals surface area contributed by atoms with Crippen molar-refractivity contribution >= 4 is 40.7 Å². The molecule has 0 saturated carbocycles. The number of halogens is 3. The number of hydrogen-bond donors (Lipinski definition) is 1. The molecule has 0 fully saturated rings. The summed E-state index contributed by atoms with van der Waals surface area (Å²) in [6, 6.07) is 3.23. The Balaban J connectivity index is 2.89. The lowest BCUT2D eigenvalue weighted by Crippen LogP contribution is -2.20. The highest BCUT2D eigenvalue weighted by atomic mass is 35.5. The van der Waals surface area contributed by atoms with E-state index in [1.165, 1.54) is 6.08 Å². The van der Waals surface area contributed by atoms with Crippen LogP contribution < -0.4 is 5.32 Å². The minimum atomic E-state index is -0.290. The average molecular weight is 265 g/mol. The van der Waals surface area contributed by atoms with E-state index < -0.39 is 0 Å². The molecular formula is C10H8Cl3NO. The molecule has 5 heteroatoms. The molecule has 15 heavy (non-hydrogen) atoms. The van der Waals surface area contributed by atoms with Gasteiger partial charge in [0.25, 0.3) is 0 Å². The number of benzene rings is 1. The number of carbonyl (C=O) groups excluding carboxylic acids is 1. The number of carbonyl (C=O) groups is 1. The molecule has 1 aromatic rings. The normalized spacial score (nSPS) is 9.80. The molecular weight excluding hydrogens is 256 g/mol. The van der Waals surface area contributed by atoms with Crippen LogP contribution in [0.3, 0.4) is 0 Å². The highest BCUT2D eigenvalue weighted by Gasteiger charge is 2.09. The lowest BCUT2D eigenvalue weighted by atomic mass is 10.2. The Bertz CT molecular complexity index is 404. The van der Waals surface area contributed by atoms with Crippen molar-refractivity contribution in [2.45, 2.75) is 6.54 Å². The van der Waals surface area contributed by atoms with E-state index in [-0.39, 0.29) is 12.5 Å². The van der Waals surface area contributed by atoms with Crippen LogP contribution in [0.25, 0.3) is 0 Å². The summed E-state index contributed by atoms with van der Waals surface area (Å²) < 4.78 is 0. The van der Waals surface area contributed by atoms with Gasteiger partial charge in [-0.2, -0.15) is 0 Å². The fraction of sp³-hybridized carbons (Fsp3) is 0.100. The molecule has 1 amide bonds. The minimum Gasteiger partial charge on any atom is -0.348 e. The molecule has 0 heterocycles. The minimum absolute atomic E-state index is 0.225. The molecule has 80 valence electrons. The predicted molar refractivity (Wildman–Crippen MR) is 63.5 cm³/mol. The first-order valence-corrected chi connectivity index (χ1v) is 5.22. The third-order valence-corrected chi connectivity index (χ3v) is 2.96. The van der Waals surface area contributed by atoms with Gasteiger partial charge in [-0.15, -0.1) is 0 Å². The Kier molecular flexibility index (Phi) is 4.45. The smallest absolute Gasteiger partial charge is 0.243 e. The van der Waals surface area contributed by atoms with Crippen molar-refractivity contribution in [2.24, 2.45) is 0 Å². The molecule has 0 spiro atoms. The molecule has 0 aliphatic heterocycles. The first-order chi connectivity index (χ1) is 7.06. The van der Waals surface area contributed by atoms with Crippen molar-refractivity contribution in [3.8, 4) is 0 Å². The molecule has 0 saturated heterocycles. The van der Waals surface area contributed by atoms with E-state index >= 15 is 0 Å². The van der Waals surface area contributed by atoms with Crippen LogP contribution in [0.2, 0.25) is 15.1 Å². The zero-order chi connectivity index (χ0) is 11.4. The monoisotopic (exact) mass is 263 g/mol. The highest BCUT2D eigenvalue weighted by Crippen LogP contribution is 2.31. The van der Waals surface area contributed by atoms with Crippen molar-refractivity contribution in [2.75, 3.05) is 0 Å². The summed E-state index contributed by atoms with van der Waals surface area (Å²) in [5.74, 6) is -0.290. The van der Waals surface area contributed by atoms with Crippen LogP contribution in [-0.2, 0) is 11.3 Å². The fourth-order valence-corrected chi connectivity index (χ4v) is 1.66. The molecule has 0 aliphatic rings. The van der Waals surface area contributed by atoms with Gasteiger partial charge in [0.05, 0.1) is 10.0 Å². The Morgan fingerprint density at radius 1 is 1.33 bits per heavy atom. The molecule has 0 atom stereocenters. The molecule has 1 rings (SSSR count). The summed E-state index contributed by atoms with van der Waals surface area (Å²) in [5.41, 5.74) is 0.598. The molecule has 1 N–H and O–H groups in total. The Morgan fingerprint density at radius 2 is 1.93 bits per heavy atom. The van der Waals surface area contributed by atoms with E-state index in [0.29, 0.717) is 20.6 Å². The molecule has 0 aliphatic carbocycles. The number of hydrogen-bond acceptors (Lipinski definition) is 1. The van der Waals surface area contributed by atoms with Crippen LogP contribution in [0.15, 0.2) is 24.8 Å². The summed E-state index contributed by atoms with van der Waals surface area (Å²) in [4.78, 5) is 10.9. The van der Waals surface area contributed by atoms with Crippen LogP contribution in [0.5, 0.6) is 0 Å². The van der Waals surface area contributed by atoms with Gasteiger partial charge in [-0.05, 0) is 18.2 Å². The lowest BCUT2D eigenvalue weighted by molar-refractivity contribution is -0.116. The summed E-state index contributed by atoms with van der Waals surface area (Å²) in [5, 5.41) is 3.80. The second kappa shape index (κ2) is 5.40. The van der Waals surface area contributed by atoms with Crippen LogP contribution in [0, 0.1) is 0 Å². The first kappa shape index (κ1) is 12.4. The summed E-state index contributed by atoms with van der Waals surface area (Å²) >= 11 is 17.7. The Hall–Kier alpha value is -0.700. The molecule has 0 radical (unpaired) electrons. The molecule has 0 bridgehead atoms. The Morgan fingerprint density at radius 3 is 2.53 bits per heavy atom. The maximum atomic E-state index is 10.9. The van der Waals surface area contributed by atoms with Crippen molar-refractivity contribution in [3.63, 3.8) is 0 Å². The highest BCUT2D eigenvalue weighted by molar-refractivity contribution is 6.44. The predicted octanol–water partition coefficient (Wildman–Crippen LogP) is 3.45. The van der Waals surface area contributed by atoms with Gasteiger partial charge in [0.2, 0.25) is 5.91 Å². The first-order valence-electron chi connectivity index (χ1n) is 4.09. The van der Waals surface area contributed by atoms with Gasteiger partial charge in [0, 0.05) is 17.1 Å². The van der Waals surface area contributed by atoms with E-state index in [1.807, 2.05) is 0 Å². The van der Waals surface area contributed by atoms with Crippen LogP contribution in [-0.4, -0.2) is 5.91 Å². The zero-order valence-electron chi connectivity index (χ0n) is 7.69. The average Bonchev–Trinajstić information content (AvgIpc) is 2.23. The van der Waals surface area contributed by atoms with Crippen LogP contribution in [0.4, 0.5) is 0 Å². The van der Waals surface area contributed by atoms with Crippen molar-refractivity contribution in [1.82, 2.24) is 5.32 Å². The Labute approximate surface area is 103 Å². The summed E-state index contributed by atoms with van der Waals surface area (Å²) in [6.45, 7) is 3.56. The molecule has 0 unspecified atom stereocenters. The largest absolute Gasteiger partial charge is 0.348 e. The SMILES string of the molecule is C=CC(=O)NCc1c(Cl)ccc(Cl)c1Cl. The summed E-state index contributed by atoms with van der Waals surface area (Å²) in [6.07, 6.45) is 1.17. The fourth-order valence-electron chi connectivity index (χ4n) is 0.979. The van der Waals surface area contributed by atoms with Crippen molar-refractivity contribution in [3.05, 3.63) is 45.4 Å². The quantitative estimate of drug-likeness (QED) is 0.657. The number of amides is 1. The zero-order valence-corrected chi connectivity index (χ0v) is 9.96. The third kappa shape index (κ3) is 3.13. The molecule has 0 aromatic heterocycles. The van der Waals surface area contributed by atoms with E-state index in [1.54, 1.807) is 12.1 Å². The van der Waals surface area contributed by atoms with Gasteiger partial charge in [-0.1, -0.05) is 41.4 Å².